The Labute approximate surface area is 121 Å². The molecule has 4 heteroatoms. The molecule has 0 bridgehead atoms. The molecule has 1 aromatic rings. The number of nitrogens with zero attached hydrogens (tertiary/aromatic N) is 2. The van der Waals surface area contributed by atoms with Crippen molar-refractivity contribution < 1.29 is 0 Å². The van der Waals surface area contributed by atoms with Gasteiger partial charge in [0.25, 0.3) is 0 Å². The average molecular weight is 284 g/mol. The van der Waals surface area contributed by atoms with Gasteiger partial charge in [-0.15, -0.1) is 0 Å². The molecule has 3 nitrogen and oxygen atoms in total. The van der Waals surface area contributed by atoms with Crippen LogP contribution >= 0.6 is 11.6 Å². The Morgan fingerprint density at radius 1 is 1.42 bits per heavy atom. The van der Waals surface area contributed by atoms with E-state index >= 15 is 0 Å². The van der Waals surface area contributed by atoms with Crippen molar-refractivity contribution in [3.8, 4) is 0 Å². The van der Waals surface area contributed by atoms with E-state index < -0.39 is 0 Å². The van der Waals surface area contributed by atoms with Crippen LogP contribution in [0, 0.1) is 18.8 Å². The second-order valence-electron chi connectivity index (χ2n) is 6.08. The Kier molecular flexibility index (Phi) is 5.28. The highest BCUT2D eigenvalue weighted by Crippen LogP contribution is 2.30. The number of hydrogen-bond acceptors (Lipinski definition) is 2. The van der Waals surface area contributed by atoms with Gasteiger partial charge in [-0.1, -0.05) is 37.8 Å². The SMILES string of the molecule is Cc1nn(C)c(Cl)c1CNCCC1CCCC(C)C1. The lowest BCUT2D eigenvalue weighted by atomic mass is 9.81. The number of nitrogens with one attached hydrogen (secondary N) is 1. The predicted octanol–water partition coefficient (Wildman–Crippen LogP) is 3.69. The van der Waals surface area contributed by atoms with Crippen molar-refractivity contribution in [2.75, 3.05) is 6.54 Å². The largest absolute Gasteiger partial charge is 0.312 e. The van der Waals surface area contributed by atoms with Crippen LogP contribution in [0.15, 0.2) is 0 Å². The van der Waals surface area contributed by atoms with E-state index in [9.17, 15) is 0 Å². The van der Waals surface area contributed by atoms with Gasteiger partial charge in [0.2, 0.25) is 0 Å². The molecule has 2 rings (SSSR count). The van der Waals surface area contributed by atoms with E-state index in [1.165, 1.54) is 32.1 Å². The highest BCUT2D eigenvalue weighted by Gasteiger charge is 2.18. The minimum Gasteiger partial charge on any atom is -0.312 e. The molecule has 1 aliphatic rings. The van der Waals surface area contributed by atoms with Gasteiger partial charge in [0, 0.05) is 19.2 Å². The van der Waals surface area contributed by atoms with E-state index in [-0.39, 0.29) is 0 Å². The standard InChI is InChI=1S/C15H26ClN3/c1-11-5-4-6-13(9-11)7-8-17-10-14-12(2)18-19(3)15(14)16/h11,13,17H,4-10H2,1-3H3. The van der Waals surface area contributed by atoms with Crippen molar-refractivity contribution in [2.45, 2.75) is 52.5 Å². The highest BCUT2D eigenvalue weighted by molar-refractivity contribution is 6.30. The van der Waals surface area contributed by atoms with Gasteiger partial charge >= 0.3 is 0 Å². The Morgan fingerprint density at radius 3 is 2.84 bits per heavy atom. The molecule has 1 aromatic heterocycles. The normalized spacial score (nSPS) is 23.8. The van der Waals surface area contributed by atoms with Gasteiger partial charge in [-0.25, -0.2) is 0 Å². The van der Waals surface area contributed by atoms with Crippen molar-refractivity contribution in [1.82, 2.24) is 15.1 Å². The fraction of sp³-hybridized carbons (Fsp3) is 0.800. The van der Waals surface area contributed by atoms with Crippen LogP contribution in [-0.4, -0.2) is 16.3 Å². The minimum absolute atomic E-state index is 0.760. The van der Waals surface area contributed by atoms with E-state index in [1.807, 2.05) is 14.0 Å². The second kappa shape index (κ2) is 6.76. The first kappa shape index (κ1) is 14.9. The molecule has 1 heterocycles. The van der Waals surface area contributed by atoms with Crippen LogP contribution in [0.5, 0.6) is 0 Å². The third-order valence-corrected chi connectivity index (χ3v) is 4.82. The Hall–Kier alpha value is -0.540. The molecule has 19 heavy (non-hydrogen) atoms. The van der Waals surface area contributed by atoms with Gasteiger partial charge in [0.1, 0.15) is 5.15 Å². The minimum atomic E-state index is 0.760. The van der Waals surface area contributed by atoms with Gasteiger partial charge in [-0.2, -0.15) is 5.10 Å². The summed E-state index contributed by atoms with van der Waals surface area (Å²) in [5.74, 6) is 1.84. The first-order chi connectivity index (χ1) is 9.08. The zero-order valence-electron chi connectivity index (χ0n) is 12.4. The lowest BCUT2D eigenvalue weighted by Crippen LogP contribution is -2.21. The first-order valence-electron chi connectivity index (χ1n) is 7.46. The molecule has 0 aromatic carbocycles. The molecule has 0 amide bonds. The molecular weight excluding hydrogens is 258 g/mol. The Morgan fingerprint density at radius 2 is 2.21 bits per heavy atom. The number of aromatic nitrogens is 2. The fourth-order valence-electron chi connectivity index (χ4n) is 3.22. The molecule has 108 valence electrons. The summed E-state index contributed by atoms with van der Waals surface area (Å²) in [4.78, 5) is 0. The monoisotopic (exact) mass is 283 g/mol. The smallest absolute Gasteiger partial charge is 0.131 e. The Balaban J connectivity index is 1.72. The summed E-state index contributed by atoms with van der Waals surface area (Å²) in [5.41, 5.74) is 2.17. The van der Waals surface area contributed by atoms with Crippen molar-refractivity contribution in [2.24, 2.45) is 18.9 Å². The number of halogens is 1. The summed E-state index contributed by atoms with van der Waals surface area (Å²) in [7, 11) is 1.89. The lowest BCUT2D eigenvalue weighted by Gasteiger charge is -2.26. The van der Waals surface area contributed by atoms with Crippen LogP contribution in [0.1, 0.15) is 50.3 Å². The third-order valence-electron chi connectivity index (χ3n) is 4.35. The van der Waals surface area contributed by atoms with Crippen molar-refractivity contribution >= 4 is 11.6 Å². The van der Waals surface area contributed by atoms with Crippen LogP contribution < -0.4 is 5.32 Å². The van der Waals surface area contributed by atoms with E-state index in [2.05, 4.69) is 17.3 Å². The molecule has 0 radical (unpaired) electrons. The second-order valence-corrected chi connectivity index (χ2v) is 6.44. The predicted molar refractivity (Wildman–Crippen MR) is 80.4 cm³/mol. The number of hydrogen-bond donors (Lipinski definition) is 1. The first-order valence-corrected chi connectivity index (χ1v) is 7.84. The van der Waals surface area contributed by atoms with E-state index in [1.54, 1.807) is 4.68 Å². The Bertz CT molecular complexity index is 414. The maximum atomic E-state index is 6.22. The van der Waals surface area contributed by atoms with E-state index in [0.29, 0.717) is 0 Å². The molecule has 0 spiro atoms. The van der Waals surface area contributed by atoms with Crippen molar-refractivity contribution in [3.05, 3.63) is 16.4 Å². The molecule has 2 atom stereocenters. The quantitative estimate of drug-likeness (QED) is 0.835. The molecular formula is C15H26ClN3. The molecule has 1 fully saturated rings. The van der Waals surface area contributed by atoms with Crippen LogP contribution in [0.25, 0.3) is 0 Å². The zero-order valence-corrected chi connectivity index (χ0v) is 13.1. The maximum absolute atomic E-state index is 6.22. The maximum Gasteiger partial charge on any atom is 0.131 e. The molecule has 1 aliphatic carbocycles. The third kappa shape index (κ3) is 3.96. The molecule has 0 saturated heterocycles. The topological polar surface area (TPSA) is 29.9 Å². The summed E-state index contributed by atoms with van der Waals surface area (Å²) in [6, 6.07) is 0. The average Bonchev–Trinajstić information content (AvgIpc) is 2.60. The summed E-state index contributed by atoms with van der Waals surface area (Å²) < 4.78 is 1.75. The highest BCUT2D eigenvalue weighted by atomic mass is 35.5. The number of aryl methyl sites for hydroxylation is 2. The fourth-order valence-corrected chi connectivity index (χ4v) is 3.46. The van der Waals surface area contributed by atoms with Crippen molar-refractivity contribution in [1.29, 1.82) is 0 Å². The van der Waals surface area contributed by atoms with Crippen LogP contribution in [0.3, 0.4) is 0 Å². The van der Waals surface area contributed by atoms with Gasteiger partial charge < -0.3 is 5.32 Å². The zero-order chi connectivity index (χ0) is 13.8. The lowest BCUT2D eigenvalue weighted by molar-refractivity contribution is 0.267. The van der Waals surface area contributed by atoms with E-state index in [0.717, 1.165) is 41.3 Å². The van der Waals surface area contributed by atoms with Gasteiger partial charge in [-0.3, -0.25) is 4.68 Å². The summed E-state index contributed by atoms with van der Waals surface area (Å²) >= 11 is 6.22. The van der Waals surface area contributed by atoms with Gasteiger partial charge in [0.05, 0.1) is 5.69 Å². The van der Waals surface area contributed by atoms with Crippen molar-refractivity contribution in [3.63, 3.8) is 0 Å². The van der Waals surface area contributed by atoms with Crippen LogP contribution in [0.4, 0.5) is 0 Å². The van der Waals surface area contributed by atoms with Crippen LogP contribution in [0.2, 0.25) is 5.15 Å². The van der Waals surface area contributed by atoms with E-state index in [4.69, 9.17) is 11.6 Å². The van der Waals surface area contributed by atoms with Gasteiger partial charge in [0.15, 0.2) is 0 Å². The van der Waals surface area contributed by atoms with Crippen LogP contribution in [-0.2, 0) is 13.6 Å². The molecule has 1 N–H and O–H groups in total. The summed E-state index contributed by atoms with van der Waals surface area (Å²) in [6.45, 7) is 6.33. The molecule has 2 unspecified atom stereocenters. The molecule has 0 aliphatic heterocycles. The number of rotatable bonds is 5. The summed E-state index contributed by atoms with van der Waals surface area (Å²) in [6.07, 6.45) is 6.96. The van der Waals surface area contributed by atoms with Gasteiger partial charge in [-0.05, 0) is 38.1 Å². The molecule has 1 saturated carbocycles. The summed E-state index contributed by atoms with van der Waals surface area (Å²) in [5, 5.41) is 8.62.